The van der Waals surface area contributed by atoms with E-state index >= 15 is 0 Å². The van der Waals surface area contributed by atoms with Crippen molar-refractivity contribution in [3.05, 3.63) is 40.1 Å². The Bertz CT molecular complexity index is 800. The molecule has 1 amide bonds. The van der Waals surface area contributed by atoms with E-state index in [1.165, 1.54) is 7.11 Å². The summed E-state index contributed by atoms with van der Waals surface area (Å²) < 4.78 is 10.5. The number of ether oxygens (including phenoxy) is 2. The van der Waals surface area contributed by atoms with Crippen LogP contribution in [0.3, 0.4) is 0 Å². The van der Waals surface area contributed by atoms with Crippen LogP contribution >= 0.6 is 11.3 Å². The standard InChI is InChI=1S/C15H15N3O5S/c1-22-10-4-3-9(7-11(10)23-2)15(5-6-15)13(19)17-14-16-8-12(24-14)18(20)21/h3-4,7-8H,5-6H2,1-2H3,(H,16,17,19). The quantitative estimate of drug-likeness (QED) is 0.635. The van der Waals surface area contributed by atoms with E-state index in [1.807, 2.05) is 6.07 Å². The Balaban J connectivity index is 1.82. The fourth-order valence-electron chi connectivity index (χ4n) is 2.53. The maximum absolute atomic E-state index is 12.6. The summed E-state index contributed by atoms with van der Waals surface area (Å²) in [7, 11) is 3.09. The minimum absolute atomic E-state index is 0.110. The summed E-state index contributed by atoms with van der Waals surface area (Å²) in [6.07, 6.45) is 2.53. The molecule has 0 saturated heterocycles. The van der Waals surface area contributed by atoms with E-state index in [-0.39, 0.29) is 16.0 Å². The minimum atomic E-state index is -0.653. The van der Waals surface area contributed by atoms with Crippen LogP contribution in [0, 0.1) is 10.1 Å². The Morgan fingerprint density at radius 3 is 2.58 bits per heavy atom. The van der Waals surface area contributed by atoms with Crippen molar-refractivity contribution in [3.8, 4) is 11.5 Å². The largest absolute Gasteiger partial charge is 0.493 e. The van der Waals surface area contributed by atoms with Crippen molar-refractivity contribution in [2.75, 3.05) is 19.5 Å². The third kappa shape index (κ3) is 2.78. The molecule has 3 rings (SSSR count). The fraction of sp³-hybridized carbons (Fsp3) is 0.333. The van der Waals surface area contributed by atoms with Gasteiger partial charge >= 0.3 is 5.00 Å². The van der Waals surface area contributed by atoms with Crippen molar-refractivity contribution in [1.82, 2.24) is 4.98 Å². The summed E-state index contributed by atoms with van der Waals surface area (Å²) in [4.78, 5) is 26.7. The van der Waals surface area contributed by atoms with Crippen molar-refractivity contribution < 1.29 is 19.2 Å². The first kappa shape index (κ1) is 16.2. The lowest BCUT2D eigenvalue weighted by molar-refractivity contribution is -0.380. The SMILES string of the molecule is COc1ccc(C2(C(=O)Nc3ncc([N+](=O)[O-])s3)CC2)cc1OC. The van der Waals surface area contributed by atoms with Crippen LogP contribution in [0.25, 0.3) is 0 Å². The molecule has 8 nitrogen and oxygen atoms in total. The smallest absolute Gasteiger partial charge is 0.345 e. The second-order valence-electron chi connectivity index (χ2n) is 5.37. The average Bonchev–Trinajstić information content (AvgIpc) is 3.27. The van der Waals surface area contributed by atoms with Gasteiger partial charge in [0.1, 0.15) is 6.20 Å². The number of hydrogen-bond acceptors (Lipinski definition) is 7. The van der Waals surface area contributed by atoms with Crippen molar-refractivity contribution >= 4 is 27.4 Å². The Morgan fingerprint density at radius 2 is 2.04 bits per heavy atom. The highest BCUT2D eigenvalue weighted by Gasteiger charge is 2.51. The predicted molar refractivity (Wildman–Crippen MR) is 87.9 cm³/mol. The van der Waals surface area contributed by atoms with Crippen LogP contribution < -0.4 is 14.8 Å². The molecule has 1 heterocycles. The van der Waals surface area contributed by atoms with Crippen molar-refractivity contribution in [3.63, 3.8) is 0 Å². The number of hydrogen-bond donors (Lipinski definition) is 1. The van der Waals surface area contributed by atoms with Crippen LogP contribution in [0.1, 0.15) is 18.4 Å². The number of thiazole rings is 1. The molecule has 0 unspecified atom stereocenters. The number of nitro groups is 1. The maximum Gasteiger partial charge on any atom is 0.345 e. The van der Waals surface area contributed by atoms with Gasteiger partial charge in [-0.05, 0) is 41.9 Å². The molecule has 0 aliphatic heterocycles. The number of anilines is 1. The first-order valence-electron chi connectivity index (χ1n) is 7.14. The zero-order valence-electron chi connectivity index (χ0n) is 13.1. The highest BCUT2D eigenvalue weighted by atomic mass is 32.1. The van der Waals surface area contributed by atoms with Gasteiger partial charge in [-0.1, -0.05) is 6.07 Å². The lowest BCUT2D eigenvalue weighted by atomic mass is 9.94. The third-order valence-electron chi connectivity index (χ3n) is 4.01. The molecule has 1 N–H and O–H groups in total. The Kier molecular flexibility index (Phi) is 4.10. The van der Waals surface area contributed by atoms with Crippen LogP contribution in [0.4, 0.5) is 10.1 Å². The lowest BCUT2D eigenvalue weighted by Crippen LogP contribution is -2.27. The molecule has 0 spiro atoms. The summed E-state index contributed by atoms with van der Waals surface area (Å²) in [5.74, 6) is 0.922. The van der Waals surface area contributed by atoms with Gasteiger partial charge in [0.25, 0.3) is 0 Å². The fourth-order valence-corrected chi connectivity index (χ4v) is 3.16. The number of carbonyl (C=O) groups is 1. The highest BCUT2D eigenvalue weighted by molar-refractivity contribution is 7.18. The van der Waals surface area contributed by atoms with Gasteiger partial charge in [-0.3, -0.25) is 14.9 Å². The average molecular weight is 349 g/mol. The van der Waals surface area contributed by atoms with Gasteiger partial charge in [-0.25, -0.2) is 4.98 Å². The molecule has 1 aliphatic carbocycles. The number of methoxy groups -OCH3 is 2. The molecular weight excluding hydrogens is 334 g/mol. The van der Waals surface area contributed by atoms with E-state index < -0.39 is 10.3 Å². The summed E-state index contributed by atoms with van der Waals surface area (Å²) in [5, 5.41) is 13.5. The molecule has 1 aromatic carbocycles. The van der Waals surface area contributed by atoms with Gasteiger partial charge in [0.15, 0.2) is 16.6 Å². The Labute approximate surface area is 141 Å². The summed E-state index contributed by atoms with van der Waals surface area (Å²) in [6, 6.07) is 5.38. The molecule has 1 fully saturated rings. The first-order valence-corrected chi connectivity index (χ1v) is 7.96. The van der Waals surface area contributed by atoms with Crippen LogP contribution in [0.2, 0.25) is 0 Å². The van der Waals surface area contributed by atoms with Crippen LogP contribution in [0.5, 0.6) is 11.5 Å². The van der Waals surface area contributed by atoms with E-state index in [0.717, 1.165) is 23.1 Å². The summed E-state index contributed by atoms with van der Waals surface area (Å²) in [6.45, 7) is 0. The van der Waals surface area contributed by atoms with Crippen molar-refractivity contribution in [1.29, 1.82) is 0 Å². The Morgan fingerprint density at radius 1 is 1.33 bits per heavy atom. The van der Waals surface area contributed by atoms with E-state index in [4.69, 9.17) is 9.47 Å². The number of amides is 1. The normalized spacial score (nSPS) is 14.8. The van der Waals surface area contributed by atoms with Gasteiger partial charge in [0, 0.05) is 0 Å². The molecule has 126 valence electrons. The van der Waals surface area contributed by atoms with Gasteiger partial charge < -0.3 is 14.8 Å². The maximum atomic E-state index is 12.6. The molecule has 0 radical (unpaired) electrons. The molecule has 9 heteroatoms. The zero-order valence-corrected chi connectivity index (χ0v) is 13.9. The number of rotatable bonds is 6. The minimum Gasteiger partial charge on any atom is -0.493 e. The van der Waals surface area contributed by atoms with E-state index in [9.17, 15) is 14.9 Å². The van der Waals surface area contributed by atoms with Crippen LogP contribution in [0.15, 0.2) is 24.4 Å². The van der Waals surface area contributed by atoms with E-state index in [0.29, 0.717) is 24.3 Å². The second kappa shape index (κ2) is 6.08. The molecule has 1 aliphatic rings. The van der Waals surface area contributed by atoms with Crippen molar-refractivity contribution in [2.24, 2.45) is 0 Å². The third-order valence-corrected chi connectivity index (χ3v) is 4.88. The number of benzene rings is 1. The summed E-state index contributed by atoms with van der Waals surface area (Å²) >= 11 is 0.835. The number of nitrogens with one attached hydrogen (secondary N) is 1. The van der Waals surface area contributed by atoms with Gasteiger partial charge in [0.05, 0.1) is 24.6 Å². The number of carbonyl (C=O) groups excluding carboxylic acids is 1. The molecular formula is C15H15N3O5S. The predicted octanol–water partition coefficient (Wildman–Crippen LogP) is 2.74. The topological polar surface area (TPSA) is 104 Å². The molecule has 24 heavy (non-hydrogen) atoms. The van der Waals surface area contributed by atoms with Gasteiger partial charge in [0.2, 0.25) is 5.91 Å². The van der Waals surface area contributed by atoms with Crippen molar-refractivity contribution in [2.45, 2.75) is 18.3 Å². The highest BCUT2D eigenvalue weighted by Crippen LogP contribution is 2.50. The molecule has 1 saturated carbocycles. The van der Waals surface area contributed by atoms with Crippen LogP contribution in [-0.2, 0) is 10.2 Å². The number of aromatic nitrogens is 1. The zero-order chi connectivity index (χ0) is 17.3. The summed E-state index contributed by atoms with van der Waals surface area (Å²) in [5.41, 5.74) is 0.170. The van der Waals surface area contributed by atoms with Crippen LogP contribution in [-0.4, -0.2) is 30.0 Å². The molecule has 2 aromatic rings. The second-order valence-corrected chi connectivity index (χ2v) is 6.38. The van der Waals surface area contributed by atoms with E-state index in [2.05, 4.69) is 10.3 Å². The monoisotopic (exact) mass is 349 g/mol. The van der Waals surface area contributed by atoms with Gasteiger partial charge in [-0.2, -0.15) is 0 Å². The molecule has 0 bridgehead atoms. The van der Waals surface area contributed by atoms with E-state index in [1.54, 1.807) is 19.2 Å². The number of nitrogens with zero attached hydrogens (tertiary/aromatic N) is 2. The molecule has 0 atom stereocenters. The first-order chi connectivity index (χ1) is 11.5. The molecule has 1 aromatic heterocycles. The van der Waals surface area contributed by atoms with Gasteiger partial charge in [-0.15, -0.1) is 0 Å². The lowest BCUT2D eigenvalue weighted by Gasteiger charge is -2.16. The Hall–Kier alpha value is -2.68.